The van der Waals surface area contributed by atoms with Crippen molar-refractivity contribution in [3.63, 3.8) is 0 Å². The Morgan fingerprint density at radius 2 is 1.63 bits per heavy atom. The maximum absolute atomic E-state index is 13.4. The Kier molecular flexibility index (Phi) is 10.4. The van der Waals surface area contributed by atoms with Gasteiger partial charge in [0.05, 0.1) is 11.9 Å². The van der Waals surface area contributed by atoms with Gasteiger partial charge in [-0.25, -0.2) is 8.42 Å². The molecule has 1 N–H and O–H groups in total. The van der Waals surface area contributed by atoms with E-state index < -0.39 is 16.1 Å². The van der Waals surface area contributed by atoms with E-state index in [2.05, 4.69) is 5.32 Å². The lowest BCUT2D eigenvalue weighted by Crippen LogP contribution is -2.48. The van der Waals surface area contributed by atoms with Crippen molar-refractivity contribution in [1.29, 1.82) is 0 Å². The number of nitrogens with one attached hydrogen (secondary N) is 1. The van der Waals surface area contributed by atoms with E-state index in [1.807, 2.05) is 26.8 Å². The monoisotopic (exact) mass is 541 g/mol. The van der Waals surface area contributed by atoms with Crippen LogP contribution in [0.25, 0.3) is 0 Å². The molecular weight excluding hydrogens is 509 g/mol. The number of hydrogen-bond acceptors (Lipinski definition) is 4. The Hall–Kier alpha value is -2.29. The fraction of sp³-hybridized carbons (Fsp3) is 0.440. The summed E-state index contributed by atoms with van der Waals surface area (Å²) in [7, 11) is -2.04. The lowest BCUT2D eigenvalue weighted by atomic mass is 10.1. The number of hydrogen-bond donors (Lipinski definition) is 1. The van der Waals surface area contributed by atoms with Crippen LogP contribution in [-0.2, 0) is 26.2 Å². The first-order chi connectivity index (χ1) is 16.4. The molecule has 10 heteroatoms. The highest BCUT2D eigenvalue weighted by Crippen LogP contribution is 2.28. The van der Waals surface area contributed by atoms with Crippen LogP contribution in [0.4, 0.5) is 5.69 Å². The third-order valence-electron chi connectivity index (χ3n) is 5.67. The summed E-state index contributed by atoms with van der Waals surface area (Å²) >= 11 is 12.7. The van der Waals surface area contributed by atoms with E-state index in [9.17, 15) is 18.0 Å². The van der Waals surface area contributed by atoms with E-state index >= 15 is 0 Å². The third-order valence-corrected chi connectivity index (χ3v) is 7.57. The van der Waals surface area contributed by atoms with Gasteiger partial charge in [-0.3, -0.25) is 13.9 Å². The second-order valence-electron chi connectivity index (χ2n) is 8.54. The number of sulfonamides is 1. The highest BCUT2D eigenvalue weighted by atomic mass is 35.5. The Morgan fingerprint density at radius 3 is 2.11 bits per heavy atom. The molecule has 35 heavy (non-hydrogen) atoms. The highest BCUT2D eigenvalue weighted by Gasteiger charge is 2.29. The van der Waals surface area contributed by atoms with Gasteiger partial charge in [-0.1, -0.05) is 42.3 Å². The predicted molar refractivity (Wildman–Crippen MR) is 142 cm³/mol. The Labute approximate surface area is 218 Å². The SMILES string of the molecule is CC[C@@H](C(=O)NC)N(Cc1c(Cl)cccc1Cl)C(=O)CCCN(c1cc(C)cc(C)c1)S(C)(=O)=O. The molecule has 0 aliphatic heterocycles. The molecule has 0 unspecified atom stereocenters. The molecule has 0 heterocycles. The normalized spacial score (nSPS) is 12.2. The van der Waals surface area contributed by atoms with Crippen LogP contribution in [0.1, 0.15) is 42.9 Å². The van der Waals surface area contributed by atoms with Gasteiger partial charge in [0.25, 0.3) is 0 Å². The largest absolute Gasteiger partial charge is 0.357 e. The molecule has 0 aromatic heterocycles. The van der Waals surface area contributed by atoms with Crippen LogP contribution < -0.4 is 9.62 Å². The molecule has 0 spiro atoms. The highest BCUT2D eigenvalue weighted by molar-refractivity contribution is 7.92. The fourth-order valence-electron chi connectivity index (χ4n) is 4.04. The summed E-state index contributed by atoms with van der Waals surface area (Å²) in [5.41, 5.74) is 3.02. The standard InChI is InChI=1S/C25H33Cl2N3O4S/c1-6-23(25(32)28-4)29(16-20-21(26)9-7-10-22(20)27)24(31)11-8-12-30(35(5,33)34)19-14-17(2)13-18(3)15-19/h7,9-10,13-15,23H,6,8,11-12,16H2,1-5H3,(H,28,32)/t23-/m0/s1. The average molecular weight is 543 g/mol. The second kappa shape index (κ2) is 12.6. The topological polar surface area (TPSA) is 86.8 Å². The van der Waals surface area contributed by atoms with Crippen LogP contribution in [0.15, 0.2) is 36.4 Å². The molecule has 0 radical (unpaired) electrons. The fourth-order valence-corrected chi connectivity index (χ4v) is 5.50. The number of nitrogens with zero attached hydrogens (tertiary/aromatic N) is 2. The first-order valence-corrected chi connectivity index (χ1v) is 14.0. The zero-order valence-electron chi connectivity index (χ0n) is 20.8. The maximum Gasteiger partial charge on any atom is 0.242 e. The molecule has 0 aliphatic rings. The smallest absolute Gasteiger partial charge is 0.242 e. The van der Waals surface area contributed by atoms with Crippen molar-refractivity contribution < 1.29 is 18.0 Å². The number of carbonyl (C=O) groups excluding carboxylic acids is 2. The van der Waals surface area contributed by atoms with Gasteiger partial charge < -0.3 is 10.2 Å². The van der Waals surface area contributed by atoms with Crippen molar-refractivity contribution >= 4 is 50.7 Å². The van der Waals surface area contributed by atoms with Gasteiger partial charge in [-0.15, -0.1) is 0 Å². The zero-order valence-corrected chi connectivity index (χ0v) is 23.1. The van der Waals surface area contributed by atoms with Gasteiger partial charge in [0, 0.05) is 42.2 Å². The van der Waals surface area contributed by atoms with Crippen LogP contribution in [0, 0.1) is 13.8 Å². The minimum Gasteiger partial charge on any atom is -0.357 e. The van der Waals surface area contributed by atoms with Crippen molar-refractivity contribution in [3.05, 3.63) is 63.1 Å². The average Bonchev–Trinajstić information content (AvgIpc) is 2.76. The van der Waals surface area contributed by atoms with Crippen LogP contribution in [0.3, 0.4) is 0 Å². The molecule has 0 aliphatic carbocycles. The van der Waals surface area contributed by atoms with Crippen molar-refractivity contribution in [2.75, 3.05) is 24.2 Å². The van der Waals surface area contributed by atoms with E-state index in [0.29, 0.717) is 27.7 Å². The van der Waals surface area contributed by atoms with Gasteiger partial charge in [0.2, 0.25) is 21.8 Å². The minimum atomic E-state index is -3.56. The molecule has 0 fully saturated rings. The molecule has 2 aromatic carbocycles. The second-order valence-corrected chi connectivity index (χ2v) is 11.3. The van der Waals surface area contributed by atoms with Crippen LogP contribution >= 0.6 is 23.2 Å². The third kappa shape index (κ3) is 7.85. The molecular formula is C25H33Cl2N3O4S. The van der Waals surface area contributed by atoms with Gasteiger partial charge in [-0.2, -0.15) is 0 Å². The van der Waals surface area contributed by atoms with Gasteiger partial charge in [0.1, 0.15) is 6.04 Å². The van der Waals surface area contributed by atoms with Crippen molar-refractivity contribution in [2.45, 2.75) is 52.6 Å². The molecule has 0 saturated carbocycles. The number of aryl methyl sites for hydroxylation is 2. The molecule has 0 saturated heterocycles. The Balaban J connectivity index is 2.27. The number of amides is 2. The zero-order chi connectivity index (χ0) is 26.3. The van der Waals surface area contributed by atoms with E-state index in [1.165, 1.54) is 16.3 Å². The lowest BCUT2D eigenvalue weighted by Gasteiger charge is -2.31. The number of halogens is 2. The number of benzene rings is 2. The lowest BCUT2D eigenvalue weighted by molar-refractivity contribution is -0.141. The quantitative estimate of drug-likeness (QED) is 0.446. The molecule has 7 nitrogen and oxygen atoms in total. The summed E-state index contributed by atoms with van der Waals surface area (Å²) in [5, 5.41) is 3.41. The van der Waals surface area contributed by atoms with Crippen molar-refractivity contribution in [1.82, 2.24) is 10.2 Å². The molecule has 2 amide bonds. The van der Waals surface area contributed by atoms with E-state index in [1.54, 1.807) is 30.3 Å². The Bertz CT molecular complexity index is 1130. The summed E-state index contributed by atoms with van der Waals surface area (Å²) in [6, 6.07) is 9.93. The molecule has 2 aromatic rings. The number of rotatable bonds is 11. The summed E-state index contributed by atoms with van der Waals surface area (Å²) in [6.45, 7) is 5.82. The van der Waals surface area contributed by atoms with E-state index in [0.717, 1.165) is 17.4 Å². The van der Waals surface area contributed by atoms with Crippen molar-refractivity contribution in [3.8, 4) is 0 Å². The van der Waals surface area contributed by atoms with Crippen LogP contribution in [0.5, 0.6) is 0 Å². The minimum absolute atomic E-state index is 0.0480. The molecule has 1 atom stereocenters. The number of anilines is 1. The number of carbonyl (C=O) groups is 2. The van der Waals surface area contributed by atoms with Gasteiger partial charge >= 0.3 is 0 Å². The van der Waals surface area contributed by atoms with Crippen LogP contribution in [0.2, 0.25) is 10.0 Å². The summed E-state index contributed by atoms with van der Waals surface area (Å²) in [4.78, 5) is 27.4. The summed E-state index contributed by atoms with van der Waals surface area (Å²) in [6.07, 6.45) is 1.87. The summed E-state index contributed by atoms with van der Waals surface area (Å²) in [5.74, 6) is -0.581. The number of likely N-dealkylation sites (N-methyl/N-ethyl adjacent to an activating group) is 1. The molecule has 2 rings (SSSR count). The first-order valence-electron chi connectivity index (χ1n) is 11.4. The van der Waals surface area contributed by atoms with E-state index in [-0.39, 0.29) is 37.7 Å². The first kappa shape index (κ1) is 28.9. The van der Waals surface area contributed by atoms with Gasteiger partial charge in [-0.05, 0) is 62.1 Å². The predicted octanol–water partition coefficient (Wildman–Crippen LogP) is 4.71. The maximum atomic E-state index is 13.4. The summed E-state index contributed by atoms with van der Waals surface area (Å²) < 4.78 is 26.3. The molecule has 0 bridgehead atoms. The van der Waals surface area contributed by atoms with Gasteiger partial charge in [0.15, 0.2) is 0 Å². The Morgan fingerprint density at radius 1 is 1.06 bits per heavy atom. The molecule has 192 valence electrons. The van der Waals surface area contributed by atoms with Crippen LogP contribution in [-0.4, -0.2) is 51.0 Å². The van der Waals surface area contributed by atoms with Crippen molar-refractivity contribution in [2.24, 2.45) is 0 Å². The van der Waals surface area contributed by atoms with E-state index in [4.69, 9.17) is 23.2 Å².